The highest BCUT2D eigenvalue weighted by Gasteiger charge is 2.52. The molecule has 1 spiro atoms. The largest absolute Gasteiger partial charge is 0.375 e. The first kappa shape index (κ1) is 26.1. The van der Waals surface area contributed by atoms with Gasteiger partial charge in [-0.1, -0.05) is 12.1 Å². The topological polar surface area (TPSA) is 104 Å². The van der Waals surface area contributed by atoms with Gasteiger partial charge < -0.3 is 19.9 Å². The molecule has 0 bridgehead atoms. The fourth-order valence-corrected chi connectivity index (χ4v) is 7.29. The number of piperidine rings is 1. The number of hydrogen-bond donors (Lipinski definition) is 2. The molecule has 2 saturated heterocycles. The third kappa shape index (κ3) is 5.24. The first-order valence-corrected chi connectivity index (χ1v) is 15.4. The van der Waals surface area contributed by atoms with Crippen molar-refractivity contribution >= 4 is 38.9 Å². The van der Waals surface area contributed by atoms with Gasteiger partial charge in [0.1, 0.15) is 16.4 Å². The van der Waals surface area contributed by atoms with Crippen LogP contribution in [0.25, 0.3) is 0 Å². The SMILES string of the molecule is C=CC1(S(=O)(=O)Nc2ccc(C(=O)Nc3cccc(N4CCO[C@H](C)C4)n3)c(N3CCC4(CC3)CC4)c2)CC1. The molecule has 2 N–H and O–H groups in total. The molecule has 0 unspecified atom stereocenters. The number of rotatable bonds is 8. The molecule has 1 atom stereocenters. The van der Waals surface area contributed by atoms with Gasteiger partial charge in [0.25, 0.3) is 5.91 Å². The molecular formula is C29H37N5O4S. The Morgan fingerprint density at radius 3 is 2.51 bits per heavy atom. The Morgan fingerprint density at radius 2 is 1.85 bits per heavy atom. The number of ether oxygens (including phenoxy) is 1. The molecule has 2 aliphatic heterocycles. The second-order valence-corrected chi connectivity index (χ2v) is 13.6. The van der Waals surface area contributed by atoms with Gasteiger partial charge in [-0.3, -0.25) is 9.52 Å². The molecule has 2 saturated carbocycles. The van der Waals surface area contributed by atoms with Crippen molar-refractivity contribution in [3.8, 4) is 0 Å². The zero-order chi connectivity index (χ0) is 27.3. The van der Waals surface area contributed by atoms with Gasteiger partial charge in [-0.15, -0.1) is 6.58 Å². The first-order valence-electron chi connectivity index (χ1n) is 13.9. The highest BCUT2D eigenvalue weighted by molar-refractivity contribution is 7.94. The van der Waals surface area contributed by atoms with Crippen LogP contribution >= 0.6 is 0 Å². The quantitative estimate of drug-likeness (QED) is 0.469. The summed E-state index contributed by atoms with van der Waals surface area (Å²) >= 11 is 0. The molecule has 3 heterocycles. The predicted octanol–water partition coefficient (Wildman–Crippen LogP) is 4.40. The van der Waals surface area contributed by atoms with Crippen LogP contribution in [0, 0.1) is 5.41 Å². The summed E-state index contributed by atoms with van der Waals surface area (Å²) in [6.45, 7) is 9.60. The first-order chi connectivity index (χ1) is 18.7. The van der Waals surface area contributed by atoms with E-state index in [0.29, 0.717) is 41.9 Å². The van der Waals surface area contributed by atoms with Crippen molar-refractivity contribution in [2.75, 3.05) is 52.6 Å². The van der Waals surface area contributed by atoms with Crippen LogP contribution in [0.2, 0.25) is 0 Å². The summed E-state index contributed by atoms with van der Waals surface area (Å²) in [6, 6.07) is 10.8. The minimum absolute atomic E-state index is 0.123. The van der Waals surface area contributed by atoms with Crippen molar-refractivity contribution in [1.82, 2.24) is 4.98 Å². The lowest BCUT2D eigenvalue weighted by Gasteiger charge is -2.35. The number of nitrogens with zero attached hydrogens (tertiary/aromatic N) is 3. The Hall–Kier alpha value is -3.11. The number of nitrogens with one attached hydrogen (secondary N) is 2. The number of morpholine rings is 1. The van der Waals surface area contributed by atoms with Gasteiger partial charge in [-0.05, 0) is 81.2 Å². The molecule has 4 fully saturated rings. The van der Waals surface area contributed by atoms with Crippen LogP contribution in [-0.2, 0) is 14.8 Å². The van der Waals surface area contributed by atoms with Crippen LogP contribution in [-0.4, -0.2) is 62.9 Å². The van der Waals surface area contributed by atoms with Gasteiger partial charge in [0.05, 0.1) is 29.6 Å². The number of carbonyl (C=O) groups is 1. The smallest absolute Gasteiger partial charge is 0.258 e. The molecular weight excluding hydrogens is 514 g/mol. The van der Waals surface area contributed by atoms with Crippen LogP contribution in [0.4, 0.5) is 23.0 Å². The fourth-order valence-electron chi connectivity index (χ4n) is 5.79. The maximum atomic E-state index is 13.6. The average Bonchev–Trinajstić information content (AvgIpc) is 3.86. The zero-order valence-electron chi connectivity index (χ0n) is 22.5. The van der Waals surface area contributed by atoms with Crippen molar-refractivity contribution in [1.29, 1.82) is 0 Å². The van der Waals surface area contributed by atoms with E-state index in [4.69, 9.17) is 9.72 Å². The van der Waals surface area contributed by atoms with Crippen molar-refractivity contribution < 1.29 is 17.9 Å². The molecule has 10 heteroatoms. The summed E-state index contributed by atoms with van der Waals surface area (Å²) in [7, 11) is -3.62. The highest BCUT2D eigenvalue weighted by Crippen LogP contribution is 2.54. The molecule has 0 radical (unpaired) electrons. The Bertz CT molecular complexity index is 1380. The lowest BCUT2D eigenvalue weighted by molar-refractivity contribution is 0.0529. The second kappa shape index (κ2) is 9.82. The molecule has 2 aliphatic carbocycles. The molecule has 1 aromatic heterocycles. The summed E-state index contributed by atoms with van der Waals surface area (Å²) in [5, 5.41) is 2.98. The number of amides is 1. The van der Waals surface area contributed by atoms with E-state index in [1.54, 1.807) is 24.3 Å². The Labute approximate surface area is 230 Å². The number of anilines is 4. The molecule has 4 aliphatic rings. The molecule has 2 aromatic rings. The second-order valence-electron chi connectivity index (χ2n) is 11.6. The van der Waals surface area contributed by atoms with E-state index in [1.807, 2.05) is 19.1 Å². The van der Waals surface area contributed by atoms with Crippen molar-refractivity contribution in [2.24, 2.45) is 5.41 Å². The zero-order valence-corrected chi connectivity index (χ0v) is 23.3. The van der Waals surface area contributed by atoms with Gasteiger partial charge >= 0.3 is 0 Å². The number of aromatic nitrogens is 1. The molecule has 1 aromatic carbocycles. The highest BCUT2D eigenvalue weighted by atomic mass is 32.2. The third-order valence-electron chi connectivity index (χ3n) is 8.81. The van der Waals surface area contributed by atoms with E-state index in [9.17, 15) is 13.2 Å². The standard InChI is InChI=1S/C29H37N5O4S/c1-3-29(11-12-29)39(36,37)32-22-7-8-23(24(19-22)33-15-13-28(9-10-28)14-16-33)27(35)31-25-5-4-6-26(30-25)34-17-18-38-21(2)20-34/h3-8,19,21,32H,1,9-18,20H2,2H3,(H,30,31,35)/t21-/m1/s1. The Balaban J connectivity index is 1.25. The van der Waals surface area contributed by atoms with Crippen molar-refractivity contribution in [3.05, 3.63) is 54.6 Å². The summed E-state index contributed by atoms with van der Waals surface area (Å²) in [6.07, 6.45) is 7.53. The molecule has 1 amide bonds. The number of sulfonamides is 1. The Kier molecular flexibility index (Phi) is 6.58. The number of pyridine rings is 1. The predicted molar refractivity (Wildman–Crippen MR) is 154 cm³/mol. The van der Waals surface area contributed by atoms with Gasteiger partial charge in [-0.25, -0.2) is 13.4 Å². The number of hydrogen-bond acceptors (Lipinski definition) is 7. The number of carbonyl (C=O) groups excluding carboxylic acids is 1. The molecule has 208 valence electrons. The monoisotopic (exact) mass is 551 g/mol. The average molecular weight is 552 g/mol. The number of benzene rings is 1. The van der Waals surface area contributed by atoms with Gasteiger partial charge in [0, 0.05) is 26.2 Å². The van der Waals surface area contributed by atoms with Crippen molar-refractivity contribution in [2.45, 2.75) is 56.3 Å². The van der Waals surface area contributed by atoms with Crippen LogP contribution in [0.5, 0.6) is 0 Å². The van der Waals surface area contributed by atoms with E-state index in [-0.39, 0.29) is 12.0 Å². The van der Waals surface area contributed by atoms with Gasteiger partial charge in [0.15, 0.2) is 0 Å². The summed E-state index contributed by atoms with van der Waals surface area (Å²) in [5.41, 5.74) is 2.18. The minimum atomic E-state index is -3.62. The Morgan fingerprint density at radius 1 is 1.08 bits per heavy atom. The molecule has 9 nitrogen and oxygen atoms in total. The van der Waals surface area contributed by atoms with Gasteiger partial charge in [0.2, 0.25) is 10.0 Å². The van der Waals surface area contributed by atoms with Crippen LogP contribution in [0.15, 0.2) is 49.1 Å². The maximum Gasteiger partial charge on any atom is 0.258 e. The lowest BCUT2D eigenvalue weighted by atomic mass is 9.93. The molecule has 6 rings (SSSR count). The molecule has 39 heavy (non-hydrogen) atoms. The maximum absolute atomic E-state index is 13.6. The summed E-state index contributed by atoms with van der Waals surface area (Å²) in [5.74, 6) is 1.01. The minimum Gasteiger partial charge on any atom is -0.375 e. The van der Waals surface area contributed by atoms with E-state index < -0.39 is 14.8 Å². The van der Waals surface area contributed by atoms with Gasteiger partial charge in [-0.2, -0.15) is 0 Å². The normalized spacial score (nSPS) is 23.3. The summed E-state index contributed by atoms with van der Waals surface area (Å²) in [4.78, 5) is 22.7. The lowest BCUT2D eigenvalue weighted by Crippen LogP contribution is -2.41. The van der Waals surface area contributed by atoms with Crippen LogP contribution in [0.3, 0.4) is 0 Å². The van der Waals surface area contributed by atoms with E-state index in [1.165, 1.54) is 18.9 Å². The van der Waals surface area contributed by atoms with E-state index >= 15 is 0 Å². The summed E-state index contributed by atoms with van der Waals surface area (Å²) < 4.78 is 33.6. The van der Waals surface area contributed by atoms with Crippen molar-refractivity contribution in [3.63, 3.8) is 0 Å². The fraction of sp³-hybridized carbons (Fsp3) is 0.517. The van der Waals surface area contributed by atoms with Crippen LogP contribution < -0.4 is 19.8 Å². The third-order valence-corrected chi connectivity index (χ3v) is 11.0. The van der Waals surface area contributed by atoms with E-state index in [0.717, 1.165) is 50.5 Å². The van der Waals surface area contributed by atoms with E-state index in [2.05, 4.69) is 26.4 Å². The van der Waals surface area contributed by atoms with Crippen LogP contribution in [0.1, 0.15) is 55.8 Å².